The van der Waals surface area contributed by atoms with Crippen LogP contribution in [0.3, 0.4) is 0 Å². The van der Waals surface area contributed by atoms with E-state index >= 15 is 0 Å². The van der Waals surface area contributed by atoms with Crippen LogP contribution >= 0.6 is 0 Å². The quantitative estimate of drug-likeness (QED) is 0.0345. The van der Waals surface area contributed by atoms with Crippen LogP contribution in [0.15, 0.2) is 48.6 Å². The maximum absolute atomic E-state index is 12.9. The molecule has 0 amide bonds. The Bertz CT molecular complexity index is 1150. The summed E-state index contributed by atoms with van der Waals surface area (Å²) in [6, 6.07) is 0. The summed E-state index contributed by atoms with van der Waals surface area (Å²) in [6.45, 7) is 7.83. The second-order valence-corrected chi connectivity index (χ2v) is 21.0. The molecule has 0 bridgehead atoms. The molecule has 0 N–H and O–H groups in total. The molecule has 0 saturated carbocycles. The van der Waals surface area contributed by atoms with E-state index in [1.165, 1.54) is 231 Å². The van der Waals surface area contributed by atoms with E-state index in [9.17, 15) is 9.59 Å². The molecular formula is C65H120O5. The Balaban J connectivity index is 4.27. The minimum Gasteiger partial charge on any atom is -0.462 e. The number of ether oxygens (including phenoxy) is 3. The fraction of sp³-hybridized carbons (Fsp3) is 0.846. The molecule has 0 saturated heterocycles. The first-order valence-corrected chi connectivity index (χ1v) is 31.2. The van der Waals surface area contributed by atoms with Gasteiger partial charge in [0.25, 0.3) is 0 Å². The van der Waals surface area contributed by atoms with Crippen molar-refractivity contribution in [3.63, 3.8) is 0 Å². The summed E-state index contributed by atoms with van der Waals surface area (Å²) in [5.41, 5.74) is 0. The van der Waals surface area contributed by atoms with Gasteiger partial charge in [0.05, 0.1) is 6.61 Å². The number of carbonyl (C=O) groups is 2. The fourth-order valence-corrected chi connectivity index (χ4v) is 9.16. The number of allylic oxidation sites excluding steroid dienone is 8. The lowest BCUT2D eigenvalue weighted by Crippen LogP contribution is -2.30. The molecule has 0 aliphatic carbocycles. The summed E-state index contributed by atoms with van der Waals surface area (Å²) in [6.07, 6.45) is 77.1. The van der Waals surface area contributed by atoms with Gasteiger partial charge in [0.2, 0.25) is 0 Å². The maximum Gasteiger partial charge on any atom is 0.306 e. The van der Waals surface area contributed by atoms with Crippen LogP contribution in [0.25, 0.3) is 0 Å². The van der Waals surface area contributed by atoms with E-state index < -0.39 is 6.10 Å². The molecule has 0 rings (SSSR count). The molecule has 0 aliphatic rings. The molecule has 70 heavy (non-hydrogen) atoms. The summed E-state index contributed by atoms with van der Waals surface area (Å²) in [7, 11) is 0. The van der Waals surface area contributed by atoms with Gasteiger partial charge in [-0.05, 0) is 83.5 Å². The molecule has 0 spiro atoms. The van der Waals surface area contributed by atoms with Crippen molar-refractivity contribution >= 4 is 11.9 Å². The van der Waals surface area contributed by atoms with E-state index in [1.807, 2.05) is 0 Å². The minimum atomic E-state index is -0.543. The molecule has 0 aromatic heterocycles. The van der Waals surface area contributed by atoms with Crippen molar-refractivity contribution in [2.75, 3.05) is 19.8 Å². The van der Waals surface area contributed by atoms with Crippen LogP contribution < -0.4 is 0 Å². The van der Waals surface area contributed by atoms with Crippen LogP contribution in [0, 0.1) is 0 Å². The number of unbranched alkanes of at least 4 members (excludes halogenated alkanes) is 39. The molecule has 410 valence electrons. The monoisotopic (exact) mass is 981 g/mol. The van der Waals surface area contributed by atoms with E-state index in [4.69, 9.17) is 14.2 Å². The van der Waals surface area contributed by atoms with Gasteiger partial charge in [-0.1, -0.05) is 281 Å². The highest BCUT2D eigenvalue weighted by molar-refractivity contribution is 5.70. The van der Waals surface area contributed by atoms with E-state index in [2.05, 4.69) is 69.4 Å². The van der Waals surface area contributed by atoms with Crippen LogP contribution in [0.1, 0.15) is 329 Å². The van der Waals surface area contributed by atoms with Crippen LogP contribution in [-0.2, 0) is 23.8 Å². The van der Waals surface area contributed by atoms with Crippen molar-refractivity contribution in [3.8, 4) is 0 Å². The van der Waals surface area contributed by atoms with Crippen molar-refractivity contribution in [2.45, 2.75) is 335 Å². The Hall–Kier alpha value is -2.14. The lowest BCUT2D eigenvalue weighted by atomic mass is 10.0. The number of carbonyl (C=O) groups excluding carboxylic acids is 2. The highest BCUT2D eigenvalue weighted by Crippen LogP contribution is 2.17. The average molecular weight is 982 g/mol. The standard InChI is InChI=1S/C65H120O5/c1-4-7-10-13-16-19-22-25-28-31-33-35-37-40-43-46-49-52-55-58-64(66)69-62-63(61-68-60-57-54-51-48-45-42-39-30-27-24-21-18-15-12-9-6-3)70-65(67)59-56-53-50-47-44-41-38-36-34-32-29-26-23-20-17-14-11-8-5-2/h16,19,25,27-28,30,33,35,63H,4-15,17-18,20-24,26,29,31-32,34,36-62H2,1-3H3/b19-16-,28-25-,30-27-,35-33-. The molecule has 0 fully saturated rings. The zero-order valence-corrected chi connectivity index (χ0v) is 47.3. The second-order valence-electron chi connectivity index (χ2n) is 21.0. The van der Waals surface area contributed by atoms with Gasteiger partial charge in [-0.25, -0.2) is 0 Å². The first kappa shape index (κ1) is 67.9. The highest BCUT2D eigenvalue weighted by Gasteiger charge is 2.17. The molecule has 0 radical (unpaired) electrons. The van der Waals surface area contributed by atoms with Gasteiger partial charge < -0.3 is 14.2 Å². The molecule has 0 heterocycles. The van der Waals surface area contributed by atoms with Crippen LogP contribution in [-0.4, -0.2) is 37.9 Å². The lowest BCUT2D eigenvalue weighted by molar-refractivity contribution is -0.163. The Kier molecular flexibility index (Phi) is 59.3. The Morgan fingerprint density at radius 1 is 0.314 bits per heavy atom. The first-order valence-electron chi connectivity index (χ1n) is 31.2. The third-order valence-electron chi connectivity index (χ3n) is 13.8. The summed E-state index contributed by atoms with van der Waals surface area (Å²) in [5.74, 6) is -0.395. The third-order valence-corrected chi connectivity index (χ3v) is 13.8. The highest BCUT2D eigenvalue weighted by atomic mass is 16.6. The zero-order chi connectivity index (χ0) is 50.6. The summed E-state index contributed by atoms with van der Waals surface area (Å²) in [4.78, 5) is 25.6. The van der Waals surface area contributed by atoms with Crippen molar-refractivity contribution in [3.05, 3.63) is 48.6 Å². The zero-order valence-electron chi connectivity index (χ0n) is 47.3. The van der Waals surface area contributed by atoms with Crippen molar-refractivity contribution in [1.29, 1.82) is 0 Å². The molecule has 5 heteroatoms. The van der Waals surface area contributed by atoms with E-state index in [0.29, 0.717) is 19.4 Å². The first-order chi connectivity index (χ1) is 34.6. The molecule has 5 nitrogen and oxygen atoms in total. The topological polar surface area (TPSA) is 61.8 Å². The Morgan fingerprint density at radius 3 is 1.00 bits per heavy atom. The predicted octanol–water partition coefficient (Wildman–Crippen LogP) is 21.5. The van der Waals surface area contributed by atoms with Gasteiger partial charge in [-0.2, -0.15) is 0 Å². The third kappa shape index (κ3) is 58.4. The van der Waals surface area contributed by atoms with Gasteiger partial charge in [-0.15, -0.1) is 0 Å². The second kappa shape index (κ2) is 61.2. The maximum atomic E-state index is 12.9. The fourth-order valence-electron chi connectivity index (χ4n) is 9.16. The Labute approximate surface area is 437 Å². The van der Waals surface area contributed by atoms with Gasteiger partial charge in [0.1, 0.15) is 6.61 Å². The average Bonchev–Trinajstić information content (AvgIpc) is 3.36. The molecule has 1 unspecified atom stereocenters. The van der Waals surface area contributed by atoms with E-state index in [1.54, 1.807) is 0 Å². The largest absolute Gasteiger partial charge is 0.462 e. The molecule has 0 aliphatic heterocycles. The van der Waals surface area contributed by atoms with Crippen molar-refractivity contribution in [2.24, 2.45) is 0 Å². The van der Waals surface area contributed by atoms with Gasteiger partial charge in [0.15, 0.2) is 6.10 Å². The van der Waals surface area contributed by atoms with Crippen molar-refractivity contribution in [1.82, 2.24) is 0 Å². The smallest absolute Gasteiger partial charge is 0.306 e. The predicted molar refractivity (Wildman–Crippen MR) is 307 cm³/mol. The number of esters is 2. The molecular weight excluding hydrogens is 861 g/mol. The lowest BCUT2D eigenvalue weighted by Gasteiger charge is -2.18. The van der Waals surface area contributed by atoms with Crippen LogP contribution in [0.4, 0.5) is 0 Å². The summed E-state index contributed by atoms with van der Waals surface area (Å²) in [5, 5.41) is 0. The van der Waals surface area contributed by atoms with Crippen LogP contribution in [0.5, 0.6) is 0 Å². The number of hydrogen-bond donors (Lipinski definition) is 0. The van der Waals surface area contributed by atoms with Gasteiger partial charge >= 0.3 is 11.9 Å². The number of hydrogen-bond acceptors (Lipinski definition) is 5. The SMILES string of the molecule is CCCCC/C=C\C/C=C\C/C=C\CCCCCCCCC(=O)OCC(COCCCCCCCC/C=C\CCCCCCCC)OC(=O)CCCCCCCCCCCCCCCCCCCCC. The Morgan fingerprint density at radius 2 is 0.600 bits per heavy atom. The van der Waals surface area contributed by atoms with Gasteiger partial charge in [-0.3, -0.25) is 9.59 Å². The minimum absolute atomic E-state index is 0.0800. The molecule has 0 aromatic rings. The summed E-state index contributed by atoms with van der Waals surface area (Å²) >= 11 is 0. The normalized spacial score (nSPS) is 12.4. The number of rotatable bonds is 58. The summed E-state index contributed by atoms with van der Waals surface area (Å²) < 4.78 is 17.5. The molecule has 1 atom stereocenters. The van der Waals surface area contributed by atoms with Crippen LogP contribution in [0.2, 0.25) is 0 Å². The molecule has 0 aromatic carbocycles. The van der Waals surface area contributed by atoms with E-state index in [0.717, 1.165) is 64.2 Å². The van der Waals surface area contributed by atoms with Gasteiger partial charge in [0, 0.05) is 19.4 Å². The van der Waals surface area contributed by atoms with E-state index in [-0.39, 0.29) is 25.2 Å². The van der Waals surface area contributed by atoms with Crippen molar-refractivity contribution < 1.29 is 23.8 Å².